The van der Waals surface area contributed by atoms with Crippen LogP contribution in [0.25, 0.3) is 0 Å². The minimum Gasteiger partial charge on any atom is -0.457 e. The highest BCUT2D eigenvalue weighted by molar-refractivity contribution is 6.30. The van der Waals surface area contributed by atoms with Crippen molar-refractivity contribution < 1.29 is 19.5 Å². The van der Waals surface area contributed by atoms with Crippen LogP contribution in [0.2, 0.25) is 5.02 Å². The molecule has 2 aromatic carbocycles. The van der Waals surface area contributed by atoms with Crippen LogP contribution in [0.3, 0.4) is 0 Å². The molecule has 3 rings (SSSR count). The normalized spacial score (nSPS) is 24.8. The van der Waals surface area contributed by atoms with E-state index >= 15 is 0 Å². The molecule has 2 atom stereocenters. The maximum Gasteiger partial charge on any atom is 0.268 e. The number of ether oxygens (including phenoxy) is 1. The van der Waals surface area contributed by atoms with Gasteiger partial charge in [0.05, 0.1) is 5.41 Å². The maximum absolute atomic E-state index is 12.5. The highest BCUT2D eigenvalue weighted by Crippen LogP contribution is 2.39. The van der Waals surface area contributed by atoms with Gasteiger partial charge in [-0.25, -0.2) is 5.48 Å². The van der Waals surface area contributed by atoms with E-state index in [0.717, 1.165) is 5.56 Å². The van der Waals surface area contributed by atoms with E-state index in [1.807, 2.05) is 0 Å². The Bertz CT molecular complexity index is 838. The molecule has 26 heavy (non-hydrogen) atoms. The van der Waals surface area contributed by atoms with Crippen molar-refractivity contribution in [1.82, 2.24) is 10.8 Å². The number of carbonyl (C=O) groups excluding carboxylic acids is 2. The first-order valence-corrected chi connectivity index (χ1v) is 8.46. The number of nitrogens with one attached hydrogen (secondary N) is 2. The van der Waals surface area contributed by atoms with Crippen molar-refractivity contribution >= 4 is 23.4 Å². The summed E-state index contributed by atoms with van der Waals surface area (Å²) < 4.78 is 5.75. The van der Waals surface area contributed by atoms with Gasteiger partial charge in [0.1, 0.15) is 17.0 Å². The molecule has 0 aliphatic carbocycles. The van der Waals surface area contributed by atoms with E-state index in [9.17, 15) is 9.59 Å². The Morgan fingerprint density at radius 1 is 1.12 bits per heavy atom. The summed E-state index contributed by atoms with van der Waals surface area (Å²) >= 11 is 5.86. The second-order valence-electron chi connectivity index (χ2n) is 6.82. The quantitative estimate of drug-likeness (QED) is 0.566. The van der Waals surface area contributed by atoms with Gasteiger partial charge in [-0.2, -0.15) is 0 Å². The lowest BCUT2D eigenvalue weighted by atomic mass is 9.76. The summed E-state index contributed by atoms with van der Waals surface area (Å²) in [6, 6.07) is 14.1. The number of carbonyl (C=O) groups is 2. The molecule has 6 nitrogen and oxygen atoms in total. The molecule has 0 spiro atoms. The highest BCUT2D eigenvalue weighted by atomic mass is 35.5. The number of amides is 2. The van der Waals surface area contributed by atoms with Crippen LogP contribution in [0.5, 0.6) is 11.5 Å². The molecule has 7 heteroatoms. The zero-order valence-electron chi connectivity index (χ0n) is 14.4. The van der Waals surface area contributed by atoms with E-state index in [2.05, 4.69) is 5.32 Å². The van der Waals surface area contributed by atoms with Crippen LogP contribution in [0.1, 0.15) is 25.8 Å². The largest absolute Gasteiger partial charge is 0.457 e. The number of hydrogen-bond acceptors (Lipinski definition) is 4. The monoisotopic (exact) mass is 374 g/mol. The summed E-state index contributed by atoms with van der Waals surface area (Å²) in [5, 5.41) is 12.2. The standard InChI is InChI=1S/C19H19ClN2O4/c1-18(11-19(2,17(24)22-25)21-16(18)23)12-3-7-14(8-4-12)26-15-9-5-13(20)6-10-15/h3-10,25H,11H2,1-2H3,(H,21,23)(H,22,24)/t18-,19+/m0/s1. The average Bonchev–Trinajstić information content (AvgIpc) is 2.87. The minimum absolute atomic E-state index is 0.225. The Balaban J connectivity index is 1.80. The average molecular weight is 375 g/mol. The van der Waals surface area contributed by atoms with Gasteiger partial charge in [0.25, 0.3) is 5.91 Å². The molecular formula is C19H19ClN2O4. The van der Waals surface area contributed by atoms with Crippen LogP contribution in [0.15, 0.2) is 48.5 Å². The van der Waals surface area contributed by atoms with Gasteiger partial charge in [-0.15, -0.1) is 0 Å². The van der Waals surface area contributed by atoms with Crippen molar-refractivity contribution in [1.29, 1.82) is 0 Å². The summed E-state index contributed by atoms with van der Waals surface area (Å²) in [5.74, 6) is 0.361. The number of rotatable bonds is 4. The van der Waals surface area contributed by atoms with Crippen LogP contribution >= 0.6 is 11.6 Å². The smallest absolute Gasteiger partial charge is 0.268 e. The lowest BCUT2D eigenvalue weighted by molar-refractivity contribution is -0.136. The number of halogens is 1. The van der Waals surface area contributed by atoms with Crippen LogP contribution < -0.4 is 15.5 Å². The lowest BCUT2D eigenvalue weighted by Gasteiger charge is -2.24. The Hall–Kier alpha value is -2.57. The predicted octanol–water partition coefficient (Wildman–Crippen LogP) is 3.17. The fourth-order valence-corrected chi connectivity index (χ4v) is 3.37. The summed E-state index contributed by atoms with van der Waals surface area (Å²) in [6.45, 7) is 3.35. The van der Waals surface area contributed by atoms with Crippen molar-refractivity contribution in [3.8, 4) is 11.5 Å². The van der Waals surface area contributed by atoms with Gasteiger partial charge >= 0.3 is 0 Å². The summed E-state index contributed by atoms with van der Waals surface area (Å²) in [4.78, 5) is 24.4. The summed E-state index contributed by atoms with van der Waals surface area (Å²) in [6.07, 6.45) is 0.225. The molecule has 2 amide bonds. The Morgan fingerprint density at radius 2 is 1.65 bits per heavy atom. The Kier molecular flexibility index (Phi) is 4.64. The molecular weight excluding hydrogens is 356 g/mol. The van der Waals surface area contributed by atoms with Gasteiger partial charge in [-0.05, 0) is 62.2 Å². The molecule has 0 aromatic heterocycles. The van der Waals surface area contributed by atoms with Gasteiger partial charge in [-0.1, -0.05) is 23.7 Å². The number of hydroxylamine groups is 1. The molecule has 3 N–H and O–H groups in total. The molecule has 1 aliphatic heterocycles. The molecule has 0 unspecified atom stereocenters. The first kappa shape index (κ1) is 18.2. The summed E-state index contributed by atoms with van der Waals surface area (Å²) in [5.41, 5.74) is 0.315. The van der Waals surface area contributed by atoms with Crippen LogP contribution in [-0.2, 0) is 15.0 Å². The van der Waals surface area contributed by atoms with Gasteiger partial charge < -0.3 is 10.1 Å². The van der Waals surface area contributed by atoms with Crippen molar-refractivity contribution in [3.63, 3.8) is 0 Å². The van der Waals surface area contributed by atoms with E-state index < -0.39 is 16.9 Å². The Morgan fingerprint density at radius 3 is 2.19 bits per heavy atom. The first-order valence-electron chi connectivity index (χ1n) is 8.08. The van der Waals surface area contributed by atoms with Crippen molar-refractivity contribution in [2.75, 3.05) is 0 Å². The zero-order valence-corrected chi connectivity index (χ0v) is 15.1. The molecule has 0 radical (unpaired) electrons. The highest BCUT2D eigenvalue weighted by Gasteiger charge is 2.53. The van der Waals surface area contributed by atoms with E-state index in [0.29, 0.717) is 16.5 Å². The minimum atomic E-state index is -1.17. The Labute approximate surface area is 156 Å². The van der Waals surface area contributed by atoms with E-state index in [1.165, 1.54) is 0 Å². The van der Waals surface area contributed by atoms with Gasteiger partial charge in [0.15, 0.2) is 0 Å². The molecule has 1 fully saturated rings. The van der Waals surface area contributed by atoms with Gasteiger partial charge in [0.2, 0.25) is 5.91 Å². The third-order valence-electron chi connectivity index (χ3n) is 4.74. The van der Waals surface area contributed by atoms with Crippen molar-refractivity contribution in [2.24, 2.45) is 0 Å². The first-order chi connectivity index (χ1) is 12.3. The van der Waals surface area contributed by atoms with Crippen molar-refractivity contribution in [3.05, 3.63) is 59.1 Å². The zero-order chi connectivity index (χ0) is 18.9. The molecule has 0 saturated carbocycles. The molecule has 1 aliphatic rings. The SMILES string of the molecule is C[C@]1(C(=O)NO)C[C@@](C)(c2ccc(Oc3ccc(Cl)cc3)cc2)C(=O)N1. The fraction of sp³-hybridized carbons (Fsp3) is 0.263. The molecule has 2 aromatic rings. The van der Waals surface area contributed by atoms with Crippen LogP contribution in [-0.4, -0.2) is 22.6 Å². The number of benzene rings is 2. The molecule has 1 heterocycles. The molecule has 136 valence electrons. The topological polar surface area (TPSA) is 87.7 Å². The van der Waals surface area contributed by atoms with Crippen LogP contribution in [0.4, 0.5) is 0 Å². The van der Waals surface area contributed by atoms with E-state index in [4.69, 9.17) is 21.5 Å². The lowest BCUT2D eigenvalue weighted by Crippen LogP contribution is -2.51. The predicted molar refractivity (Wildman–Crippen MR) is 96.4 cm³/mol. The molecule has 0 bridgehead atoms. The second kappa shape index (κ2) is 6.63. The summed E-state index contributed by atoms with van der Waals surface area (Å²) in [7, 11) is 0. The van der Waals surface area contributed by atoms with E-state index in [1.54, 1.807) is 67.9 Å². The number of hydrogen-bond donors (Lipinski definition) is 3. The second-order valence-corrected chi connectivity index (χ2v) is 7.25. The van der Waals surface area contributed by atoms with E-state index in [-0.39, 0.29) is 12.3 Å². The third-order valence-corrected chi connectivity index (χ3v) is 4.99. The maximum atomic E-state index is 12.5. The van der Waals surface area contributed by atoms with Crippen LogP contribution in [0, 0.1) is 0 Å². The van der Waals surface area contributed by atoms with Crippen molar-refractivity contribution in [2.45, 2.75) is 31.2 Å². The molecule has 1 saturated heterocycles. The van der Waals surface area contributed by atoms with Gasteiger partial charge in [-0.3, -0.25) is 14.8 Å². The third kappa shape index (κ3) is 3.25. The van der Waals surface area contributed by atoms with Gasteiger partial charge in [0, 0.05) is 5.02 Å². The fourth-order valence-electron chi connectivity index (χ4n) is 3.24.